The van der Waals surface area contributed by atoms with Gasteiger partial charge >= 0.3 is 6.18 Å². The van der Waals surface area contributed by atoms with Gasteiger partial charge in [-0.1, -0.05) is 12.1 Å². The van der Waals surface area contributed by atoms with Crippen molar-refractivity contribution in [3.05, 3.63) is 35.4 Å². The molecule has 0 radical (unpaired) electrons. The van der Waals surface area contributed by atoms with Crippen LogP contribution in [0, 0.1) is 0 Å². The van der Waals surface area contributed by atoms with Gasteiger partial charge in [-0.3, -0.25) is 5.43 Å². The number of hydrazone groups is 1. The Morgan fingerprint density at radius 3 is 2.95 bits per heavy atom. The van der Waals surface area contributed by atoms with Crippen LogP contribution in [0.25, 0.3) is 0 Å². The normalized spacial score (nSPS) is 18.6. The smallest absolute Gasteiger partial charge is 0.376 e. The average Bonchev–Trinajstić information content (AvgIpc) is 2.98. The molecule has 2 N–H and O–H groups in total. The van der Waals surface area contributed by atoms with Crippen molar-refractivity contribution in [3.8, 4) is 0 Å². The number of nitrogens with zero attached hydrogens (tertiary/aromatic N) is 1. The summed E-state index contributed by atoms with van der Waals surface area (Å²) in [5.41, 5.74) is 2.19. The van der Waals surface area contributed by atoms with E-state index in [9.17, 15) is 13.2 Å². The zero-order valence-corrected chi connectivity index (χ0v) is 12.5. The summed E-state index contributed by atoms with van der Waals surface area (Å²) in [5, 5.41) is 7.08. The molecule has 1 aliphatic rings. The molecule has 0 bridgehead atoms. The van der Waals surface area contributed by atoms with E-state index in [0.29, 0.717) is 17.2 Å². The molecule has 0 aliphatic carbocycles. The first kappa shape index (κ1) is 16.7. The molecule has 1 aliphatic heterocycles. The fraction of sp³-hybridized carbons (Fsp3) is 0.429. The predicted octanol–water partition coefficient (Wildman–Crippen LogP) is 2.68. The van der Waals surface area contributed by atoms with E-state index >= 15 is 0 Å². The highest BCUT2D eigenvalue weighted by Gasteiger charge is 2.30. The van der Waals surface area contributed by atoms with E-state index in [1.165, 1.54) is 18.3 Å². The van der Waals surface area contributed by atoms with Crippen LogP contribution < -0.4 is 10.7 Å². The van der Waals surface area contributed by atoms with Gasteiger partial charge < -0.3 is 10.1 Å². The number of benzene rings is 1. The van der Waals surface area contributed by atoms with Crippen LogP contribution in [0.15, 0.2) is 29.4 Å². The van der Waals surface area contributed by atoms with E-state index < -0.39 is 11.7 Å². The van der Waals surface area contributed by atoms with Gasteiger partial charge in [0.05, 0.1) is 17.9 Å². The van der Waals surface area contributed by atoms with Crippen LogP contribution in [0.1, 0.15) is 24.0 Å². The standard InChI is InChI=1S/C14H16F3N3OS/c15-14(16,17)11-4-1-3-10(7-11)8-19-20-13(22)18-9-12-5-2-6-21-12/h1,3-4,7-8,12H,2,5-6,9H2,(H2,18,20,22)/b19-8-/t12-/m0/s1. The molecule has 0 saturated carbocycles. The summed E-state index contributed by atoms with van der Waals surface area (Å²) in [7, 11) is 0. The number of ether oxygens (including phenoxy) is 1. The summed E-state index contributed by atoms with van der Waals surface area (Å²) in [6.07, 6.45) is -0.902. The van der Waals surface area contributed by atoms with Gasteiger partial charge in [-0.15, -0.1) is 0 Å². The van der Waals surface area contributed by atoms with Crippen molar-refractivity contribution >= 4 is 23.5 Å². The van der Waals surface area contributed by atoms with Crippen LogP contribution in [0.3, 0.4) is 0 Å². The highest BCUT2D eigenvalue weighted by molar-refractivity contribution is 7.80. The Bertz CT molecular complexity index is 542. The molecule has 1 aromatic rings. The maximum atomic E-state index is 12.6. The third-order valence-corrected chi connectivity index (χ3v) is 3.34. The highest BCUT2D eigenvalue weighted by atomic mass is 32.1. The van der Waals surface area contributed by atoms with E-state index in [1.807, 2.05) is 0 Å². The van der Waals surface area contributed by atoms with E-state index in [4.69, 9.17) is 17.0 Å². The minimum Gasteiger partial charge on any atom is -0.376 e. The molecule has 1 heterocycles. The third kappa shape index (κ3) is 5.27. The van der Waals surface area contributed by atoms with Crippen molar-refractivity contribution in [2.24, 2.45) is 5.10 Å². The van der Waals surface area contributed by atoms with E-state index in [2.05, 4.69) is 15.8 Å². The Labute approximate surface area is 131 Å². The first-order valence-corrected chi connectivity index (χ1v) is 7.22. The topological polar surface area (TPSA) is 45.7 Å². The van der Waals surface area contributed by atoms with Gasteiger partial charge in [0.2, 0.25) is 0 Å². The molecule has 22 heavy (non-hydrogen) atoms. The second-order valence-corrected chi connectivity index (χ2v) is 5.25. The number of rotatable bonds is 4. The molecule has 1 fully saturated rings. The molecule has 0 amide bonds. The molecule has 0 unspecified atom stereocenters. The van der Waals surface area contributed by atoms with Gasteiger partial charge in [-0.2, -0.15) is 18.3 Å². The molecule has 0 spiro atoms. The van der Waals surface area contributed by atoms with Crippen LogP contribution in [0.4, 0.5) is 13.2 Å². The van der Waals surface area contributed by atoms with Gasteiger partial charge in [0.25, 0.3) is 0 Å². The molecular formula is C14H16F3N3OS. The second-order valence-electron chi connectivity index (χ2n) is 4.84. The Balaban J connectivity index is 1.80. The maximum Gasteiger partial charge on any atom is 0.416 e. The van der Waals surface area contributed by atoms with Crippen molar-refractivity contribution in [2.45, 2.75) is 25.1 Å². The third-order valence-electron chi connectivity index (χ3n) is 3.11. The first-order chi connectivity index (χ1) is 10.4. The Kier molecular flexibility index (Phi) is 5.73. The number of halogens is 3. The Hall–Kier alpha value is -1.67. The van der Waals surface area contributed by atoms with Crippen LogP contribution >= 0.6 is 12.2 Å². The summed E-state index contributed by atoms with van der Waals surface area (Å²) >= 11 is 5.02. The van der Waals surface area contributed by atoms with Crippen molar-refractivity contribution < 1.29 is 17.9 Å². The summed E-state index contributed by atoms with van der Waals surface area (Å²) in [6, 6.07) is 4.90. The van der Waals surface area contributed by atoms with Crippen LogP contribution in [-0.4, -0.2) is 30.6 Å². The lowest BCUT2D eigenvalue weighted by Gasteiger charge is -2.11. The van der Waals surface area contributed by atoms with Gasteiger partial charge in [0.15, 0.2) is 5.11 Å². The Morgan fingerprint density at radius 2 is 2.27 bits per heavy atom. The van der Waals surface area contributed by atoms with Crippen LogP contribution in [-0.2, 0) is 10.9 Å². The van der Waals surface area contributed by atoms with Gasteiger partial charge in [-0.05, 0) is 42.8 Å². The molecule has 0 aromatic heterocycles. The van der Waals surface area contributed by atoms with Crippen LogP contribution in [0.2, 0.25) is 0 Å². The first-order valence-electron chi connectivity index (χ1n) is 6.81. The fourth-order valence-corrected chi connectivity index (χ4v) is 2.15. The van der Waals surface area contributed by atoms with Gasteiger partial charge in [-0.25, -0.2) is 0 Å². The lowest BCUT2D eigenvalue weighted by Crippen LogP contribution is -2.37. The Morgan fingerprint density at radius 1 is 1.45 bits per heavy atom. The van der Waals surface area contributed by atoms with E-state index in [1.54, 1.807) is 0 Å². The number of hydrogen-bond donors (Lipinski definition) is 2. The molecule has 120 valence electrons. The minimum absolute atomic E-state index is 0.146. The van der Waals surface area contributed by atoms with Crippen molar-refractivity contribution in [1.29, 1.82) is 0 Å². The maximum absolute atomic E-state index is 12.6. The number of hydrogen-bond acceptors (Lipinski definition) is 3. The van der Waals surface area contributed by atoms with Crippen LogP contribution in [0.5, 0.6) is 0 Å². The van der Waals surface area contributed by atoms with E-state index in [-0.39, 0.29) is 6.10 Å². The number of thiocarbonyl (C=S) groups is 1. The number of alkyl halides is 3. The molecule has 2 rings (SSSR count). The average molecular weight is 331 g/mol. The zero-order chi connectivity index (χ0) is 16.0. The van der Waals surface area contributed by atoms with Gasteiger partial charge in [0.1, 0.15) is 0 Å². The highest BCUT2D eigenvalue weighted by Crippen LogP contribution is 2.29. The fourth-order valence-electron chi connectivity index (χ4n) is 2.01. The number of nitrogens with one attached hydrogen (secondary N) is 2. The van der Waals surface area contributed by atoms with Crippen molar-refractivity contribution in [1.82, 2.24) is 10.7 Å². The minimum atomic E-state index is -4.37. The summed E-state index contributed by atoms with van der Waals surface area (Å²) in [4.78, 5) is 0. The zero-order valence-electron chi connectivity index (χ0n) is 11.7. The SMILES string of the molecule is FC(F)(F)c1cccc(/C=N\NC(=S)NC[C@@H]2CCCO2)c1. The molecule has 1 atom stereocenters. The molecular weight excluding hydrogens is 315 g/mol. The summed E-state index contributed by atoms with van der Waals surface area (Å²) in [5.74, 6) is 0. The molecule has 8 heteroatoms. The quantitative estimate of drug-likeness (QED) is 0.506. The lowest BCUT2D eigenvalue weighted by atomic mass is 10.1. The molecule has 1 aromatic carbocycles. The monoisotopic (exact) mass is 331 g/mol. The second kappa shape index (κ2) is 7.55. The predicted molar refractivity (Wildman–Crippen MR) is 81.7 cm³/mol. The lowest BCUT2D eigenvalue weighted by molar-refractivity contribution is -0.137. The van der Waals surface area contributed by atoms with Crippen molar-refractivity contribution in [3.63, 3.8) is 0 Å². The van der Waals surface area contributed by atoms with E-state index in [0.717, 1.165) is 31.6 Å². The summed E-state index contributed by atoms with van der Waals surface area (Å²) in [6.45, 7) is 1.35. The van der Waals surface area contributed by atoms with Gasteiger partial charge in [0, 0.05) is 13.2 Å². The van der Waals surface area contributed by atoms with Crippen molar-refractivity contribution in [2.75, 3.05) is 13.2 Å². The largest absolute Gasteiger partial charge is 0.416 e. The molecule has 4 nitrogen and oxygen atoms in total. The molecule has 1 saturated heterocycles. The summed E-state index contributed by atoms with van der Waals surface area (Å²) < 4.78 is 43.1.